The van der Waals surface area contributed by atoms with Gasteiger partial charge in [-0.1, -0.05) is 37.3 Å². The molecule has 2 aromatic rings. The van der Waals surface area contributed by atoms with Crippen LogP contribution < -0.4 is 14.2 Å². The average Bonchev–Trinajstić information content (AvgIpc) is 2.78. The van der Waals surface area contributed by atoms with E-state index in [-0.39, 0.29) is 23.7 Å². The predicted molar refractivity (Wildman–Crippen MR) is 110 cm³/mol. The number of methoxy groups -OCH3 is 3. The lowest BCUT2D eigenvalue weighted by molar-refractivity contribution is -0.144. The lowest BCUT2D eigenvalue weighted by Crippen LogP contribution is -2.25. The molecule has 0 aliphatic heterocycles. The van der Waals surface area contributed by atoms with Crippen molar-refractivity contribution < 1.29 is 33.1 Å². The highest BCUT2D eigenvalue weighted by atomic mass is 31.0. The van der Waals surface area contributed by atoms with Gasteiger partial charge in [0.25, 0.3) is 0 Å². The molecule has 156 valence electrons. The topological polar surface area (TPSA) is 88.1 Å². The van der Waals surface area contributed by atoms with Crippen LogP contribution in [0, 0.1) is 0 Å². The zero-order valence-electron chi connectivity index (χ0n) is 16.9. The normalized spacial score (nSPS) is 10.8. The third kappa shape index (κ3) is 6.03. The lowest BCUT2D eigenvalue weighted by Gasteiger charge is -2.19. The number of ether oxygens (including phenoxy) is 4. The second kappa shape index (κ2) is 12.5. The third-order valence-electron chi connectivity index (χ3n) is 4.04. The summed E-state index contributed by atoms with van der Waals surface area (Å²) in [6, 6.07) is 12.0. The van der Waals surface area contributed by atoms with E-state index in [0.717, 1.165) is 0 Å². The highest BCUT2D eigenvalue weighted by molar-refractivity contribution is 7.00. The zero-order valence-corrected chi connectivity index (χ0v) is 17.9. The van der Waals surface area contributed by atoms with E-state index >= 15 is 0 Å². The second-order valence-corrected chi connectivity index (χ2v) is 5.78. The molecular formula is C21H25O7P. The lowest BCUT2D eigenvalue weighted by atomic mass is 9.89. The van der Waals surface area contributed by atoms with Gasteiger partial charge in [-0.25, -0.2) is 0 Å². The Morgan fingerprint density at radius 2 is 1.48 bits per heavy atom. The molecule has 2 rings (SSSR count). The Balaban J connectivity index is 0.00000204. The van der Waals surface area contributed by atoms with Gasteiger partial charge in [0, 0.05) is 12.1 Å². The van der Waals surface area contributed by atoms with Gasteiger partial charge >= 0.3 is 5.97 Å². The number of carbonyl (C=O) groups is 2. The van der Waals surface area contributed by atoms with Gasteiger partial charge in [-0.3, -0.25) is 14.2 Å². The molecule has 7 nitrogen and oxygen atoms in total. The van der Waals surface area contributed by atoms with Crippen LogP contribution in [0.15, 0.2) is 42.5 Å². The van der Waals surface area contributed by atoms with Crippen molar-refractivity contribution in [2.24, 2.45) is 0 Å². The summed E-state index contributed by atoms with van der Waals surface area (Å²) < 4.78 is 29.3. The summed E-state index contributed by atoms with van der Waals surface area (Å²) in [5.74, 6) is -1.17. The Bertz CT molecular complexity index is 783. The molecule has 0 spiro atoms. The van der Waals surface area contributed by atoms with Gasteiger partial charge in [-0.05, 0) is 12.0 Å². The van der Waals surface area contributed by atoms with E-state index in [2.05, 4.69) is 0 Å². The zero-order chi connectivity index (χ0) is 21.8. The number of carbonyl (C=O) groups excluding carboxylic acids is 2. The fourth-order valence-electron chi connectivity index (χ4n) is 2.72. The molecule has 8 heteroatoms. The quantitative estimate of drug-likeness (QED) is 0.261. The summed E-state index contributed by atoms with van der Waals surface area (Å²) in [5, 5.41) is 0. The molecule has 0 aromatic heterocycles. The number of benzene rings is 2. The molecule has 29 heavy (non-hydrogen) atoms. The van der Waals surface area contributed by atoms with E-state index in [4.69, 9.17) is 23.5 Å². The maximum Gasteiger partial charge on any atom is 0.321 e. The van der Waals surface area contributed by atoms with Gasteiger partial charge in [0.15, 0.2) is 5.78 Å². The van der Waals surface area contributed by atoms with Gasteiger partial charge in [-0.15, -0.1) is 0 Å². The molecule has 0 bridgehead atoms. The van der Waals surface area contributed by atoms with Gasteiger partial charge in [-0.2, -0.15) is 0 Å². The van der Waals surface area contributed by atoms with Crippen molar-refractivity contribution in [1.82, 2.24) is 0 Å². The van der Waals surface area contributed by atoms with Crippen molar-refractivity contribution in [3.05, 3.63) is 53.6 Å². The molecule has 0 heterocycles. The minimum absolute atomic E-state index is 0.170. The summed E-state index contributed by atoms with van der Waals surface area (Å²) in [4.78, 5) is 26.1. The monoisotopic (exact) mass is 420 g/mol. The van der Waals surface area contributed by atoms with E-state index in [9.17, 15) is 9.59 Å². The first-order valence-corrected chi connectivity index (χ1v) is 9.24. The molecule has 0 radical (unpaired) electrons. The summed E-state index contributed by atoms with van der Waals surface area (Å²) in [7, 11) is 6.11. The first-order valence-electron chi connectivity index (χ1n) is 8.83. The van der Waals surface area contributed by atoms with Gasteiger partial charge < -0.3 is 18.9 Å². The fraction of sp³-hybridized carbons (Fsp3) is 0.333. The minimum Gasteiger partial charge on any atom is -0.496 e. The van der Waals surface area contributed by atoms with Crippen LogP contribution in [-0.4, -0.2) is 39.7 Å². The highest BCUT2D eigenvalue weighted by Crippen LogP contribution is 2.37. The van der Waals surface area contributed by atoms with Crippen LogP contribution in [0.2, 0.25) is 0 Å². The molecule has 0 N–H and O–H groups in total. The molecule has 0 saturated heterocycles. The third-order valence-corrected chi connectivity index (χ3v) is 4.04. The summed E-state index contributed by atoms with van der Waals surface area (Å²) in [6.07, 6.45) is 0.663. The Kier molecular flexibility index (Phi) is 10.4. The number of hydrogen-bond acceptors (Lipinski definition) is 7. The Hall–Kier alpha value is -2.92. The predicted octanol–water partition coefficient (Wildman–Crippen LogP) is 4.11. The van der Waals surface area contributed by atoms with Crippen molar-refractivity contribution >= 4 is 20.9 Å². The van der Waals surface area contributed by atoms with Crippen LogP contribution >= 0.6 is 9.12 Å². The first kappa shape index (κ1) is 24.1. The standard InChI is InChI=1S/C21H24O6.HOP/c1-5-11-27-21(23)18(14-9-7-6-8-10-14)20(22)19-16(25-3)12-15(24-2)13-17(19)26-4;1-2/h6-10,12-13,18H,5,11H2,1-4H3;2H. The van der Waals surface area contributed by atoms with Crippen LogP contribution in [-0.2, 0) is 14.1 Å². The summed E-state index contributed by atoms with van der Waals surface area (Å²) >= 11 is 0. The number of ketones is 1. The first-order chi connectivity index (χ1) is 14.1. The van der Waals surface area contributed by atoms with E-state index in [1.54, 1.807) is 45.5 Å². The van der Waals surface area contributed by atoms with E-state index in [1.807, 2.05) is 13.0 Å². The molecule has 0 aliphatic carbocycles. The highest BCUT2D eigenvalue weighted by Gasteiger charge is 2.35. The number of esters is 1. The van der Waals surface area contributed by atoms with E-state index in [1.165, 1.54) is 21.3 Å². The maximum absolute atomic E-state index is 13.4. The van der Waals surface area contributed by atoms with Crippen LogP contribution in [0.3, 0.4) is 0 Å². The fourth-order valence-corrected chi connectivity index (χ4v) is 2.72. The minimum atomic E-state index is -1.12. The number of hydrogen-bond donors (Lipinski definition) is 0. The molecule has 0 amide bonds. The molecule has 0 fully saturated rings. The second-order valence-electron chi connectivity index (χ2n) is 5.78. The average molecular weight is 420 g/mol. The maximum atomic E-state index is 13.4. The molecule has 0 aliphatic rings. The Labute approximate surface area is 172 Å². The Morgan fingerprint density at radius 1 is 0.931 bits per heavy atom. The van der Waals surface area contributed by atoms with E-state index in [0.29, 0.717) is 17.7 Å². The van der Waals surface area contributed by atoms with E-state index < -0.39 is 17.7 Å². The smallest absolute Gasteiger partial charge is 0.321 e. The molecular weight excluding hydrogens is 395 g/mol. The van der Waals surface area contributed by atoms with Crippen LogP contribution in [0.4, 0.5) is 0 Å². The van der Waals surface area contributed by atoms with Gasteiger partial charge in [0.2, 0.25) is 0 Å². The SMILES string of the molecule is CCCOC(=O)C(C(=O)c1c(OC)cc(OC)cc1OC)c1ccccc1.O=P. The van der Waals surface area contributed by atoms with Gasteiger partial charge in [0.05, 0.1) is 27.9 Å². The van der Waals surface area contributed by atoms with Crippen LogP contribution in [0.25, 0.3) is 0 Å². The molecule has 1 atom stereocenters. The summed E-state index contributed by atoms with van der Waals surface area (Å²) in [6.45, 7) is 2.13. The molecule has 0 saturated carbocycles. The number of rotatable bonds is 9. The van der Waals surface area contributed by atoms with Crippen molar-refractivity contribution in [2.45, 2.75) is 19.3 Å². The van der Waals surface area contributed by atoms with Crippen molar-refractivity contribution in [2.75, 3.05) is 27.9 Å². The molecule has 2 aromatic carbocycles. The van der Waals surface area contributed by atoms with Crippen molar-refractivity contribution in [3.8, 4) is 17.2 Å². The van der Waals surface area contributed by atoms with Gasteiger partial charge in [0.1, 0.15) is 37.8 Å². The van der Waals surface area contributed by atoms with Crippen LogP contribution in [0.5, 0.6) is 17.2 Å². The van der Waals surface area contributed by atoms with Crippen molar-refractivity contribution in [1.29, 1.82) is 0 Å². The number of Topliss-reactive ketones (excluding diaryl/α,β-unsaturated/α-hetero) is 1. The largest absolute Gasteiger partial charge is 0.496 e. The van der Waals surface area contributed by atoms with Crippen LogP contribution in [0.1, 0.15) is 35.2 Å². The molecule has 1 unspecified atom stereocenters. The summed E-state index contributed by atoms with van der Waals surface area (Å²) in [5.41, 5.74) is 0.714. The van der Waals surface area contributed by atoms with Crippen molar-refractivity contribution in [3.63, 3.8) is 0 Å². The Morgan fingerprint density at radius 3 is 1.93 bits per heavy atom.